The molecule has 0 saturated carbocycles. The van der Waals surface area contributed by atoms with Crippen LogP contribution in [0.1, 0.15) is 12.8 Å². The van der Waals surface area contributed by atoms with Crippen LogP contribution in [0.2, 0.25) is 10.0 Å². The van der Waals surface area contributed by atoms with Crippen molar-refractivity contribution in [2.24, 2.45) is 0 Å². The molecule has 0 fully saturated rings. The number of hydrogen-bond donors (Lipinski definition) is 1. The van der Waals surface area contributed by atoms with E-state index in [0.29, 0.717) is 0 Å². The molecule has 0 atom stereocenters. The summed E-state index contributed by atoms with van der Waals surface area (Å²) in [5.74, 6) is -0.596. The summed E-state index contributed by atoms with van der Waals surface area (Å²) in [6.07, 6.45) is -5.18. The van der Waals surface area contributed by atoms with Gasteiger partial charge in [0.15, 0.2) is 0 Å². The topological polar surface area (TPSA) is 12.0 Å². The van der Waals surface area contributed by atoms with E-state index >= 15 is 0 Å². The highest BCUT2D eigenvalue weighted by Gasteiger charge is 2.25. The molecule has 1 aromatic rings. The van der Waals surface area contributed by atoms with Gasteiger partial charge < -0.3 is 5.32 Å². The van der Waals surface area contributed by atoms with Gasteiger partial charge in [0.25, 0.3) is 0 Å². The summed E-state index contributed by atoms with van der Waals surface area (Å²) < 4.78 is 48.4. The Bertz CT molecular complexity index is 369. The lowest BCUT2D eigenvalue weighted by molar-refractivity contribution is -0.134. The molecule has 0 spiro atoms. The van der Waals surface area contributed by atoms with Crippen molar-refractivity contribution in [3.05, 3.63) is 28.0 Å². The molecule has 96 valence electrons. The zero-order valence-electron chi connectivity index (χ0n) is 8.54. The quantitative estimate of drug-likeness (QED) is 0.615. The third kappa shape index (κ3) is 5.00. The van der Waals surface area contributed by atoms with E-state index in [-0.39, 0.29) is 28.7 Å². The Kier molecular flexibility index (Phi) is 4.89. The molecule has 0 radical (unpaired) electrons. The van der Waals surface area contributed by atoms with E-state index in [1.54, 1.807) is 0 Å². The summed E-state index contributed by atoms with van der Waals surface area (Å²) in [6, 6.07) is 2.08. The summed E-state index contributed by atoms with van der Waals surface area (Å²) in [5.41, 5.74) is 0.247. The van der Waals surface area contributed by atoms with Gasteiger partial charge in [-0.2, -0.15) is 13.2 Å². The van der Waals surface area contributed by atoms with E-state index in [4.69, 9.17) is 23.2 Å². The third-order valence-electron chi connectivity index (χ3n) is 1.95. The maximum atomic E-state index is 12.8. The van der Waals surface area contributed by atoms with Gasteiger partial charge in [0.05, 0.1) is 15.7 Å². The molecule has 0 aromatic heterocycles. The van der Waals surface area contributed by atoms with Crippen molar-refractivity contribution in [1.29, 1.82) is 0 Å². The summed E-state index contributed by atoms with van der Waals surface area (Å²) in [6.45, 7) is 0.0601. The molecule has 0 aliphatic carbocycles. The van der Waals surface area contributed by atoms with E-state index in [1.807, 2.05) is 0 Å². The Hall–Kier alpha value is -0.680. The van der Waals surface area contributed by atoms with Crippen molar-refractivity contribution in [2.75, 3.05) is 11.9 Å². The van der Waals surface area contributed by atoms with Gasteiger partial charge in [0.1, 0.15) is 5.82 Å². The normalized spacial score (nSPS) is 11.6. The van der Waals surface area contributed by atoms with Gasteiger partial charge in [-0.05, 0) is 18.6 Å². The van der Waals surface area contributed by atoms with Crippen molar-refractivity contribution in [1.82, 2.24) is 0 Å². The van der Waals surface area contributed by atoms with Crippen molar-refractivity contribution >= 4 is 28.9 Å². The highest BCUT2D eigenvalue weighted by molar-refractivity contribution is 6.39. The van der Waals surface area contributed by atoms with E-state index in [2.05, 4.69) is 5.32 Å². The molecule has 0 saturated heterocycles. The smallest absolute Gasteiger partial charge is 0.383 e. The van der Waals surface area contributed by atoms with Crippen LogP contribution >= 0.6 is 23.2 Å². The zero-order chi connectivity index (χ0) is 13.1. The second kappa shape index (κ2) is 5.78. The first-order valence-corrected chi connectivity index (χ1v) is 5.50. The average molecular weight is 290 g/mol. The fourth-order valence-corrected chi connectivity index (χ4v) is 1.81. The van der Waals surface area contributed by atoms with Crippen LogP contribution in [0, 0.1) is 5.82 Å². The summed E-state index contributed by atoms with van der Waals surface area (Å²) in [4.78, 5) is 0. The largest absolute Gasteiger partial charge is 0.389 e. The minimum atomic E-state index is -4.18. The number of hydrogen-bond acceptors (Lipinski definition) is 1. The fourth-order valence-electron chi connectivity index (χ4n) is 1.21. The minimum Gasteiger partial charge on any atom is -0.383 e. The molecule has 1 N–H and O–H groups in total. The first kappa shape index (κ1) is 14.4. The van der Waals surface area contributed by atoms with Crippen molar-refractivity contribution in [3.63, 3.8) is 0 Å². The molecule has 0 heterocycles. The highest BCUT2D eigenvalue weighted by atomic mass is 35.5. The predicted octanol–water partition coefficient (Wildman–Crippen LogP) is 4.89. The van der Waals surface area contributed by atoms with Gasteiger partial charge >= 0.3 is 6.18 Å². The zero-order valence-corrected chi connectivity index (χ0v) is 10.1. The second-order valence-corrected chi connectivity index (χ2v) is 4.20. The monoisotopic (exact) mass is 289 g/mol. The van der Waals surface area contributed by atoms with Crippen LogP contribution in [0.5, 0.6) is 0 Å². The molecule has 0 amide bonds. The Balaban J connectivity index is 2.53. The highest BCUT2D eigenvalue weighted by Crippen LogP contribution is 2.31. The van der Waals surface area contributed by atoms with Gasteiger partial charge in [-0.3, -0.25) is 0 Å². The molecular weight excluding hydrogens is 281 g/mol. The van der Waals surface area contributed by atoms with Gasteiger partial charge in [-0.25, -0.2) is 4.39 Å². The van der Waals surface area contributed by atoms with Crippen LogP contribution in [0.25, 0.3) is 0 Å². The Morgan fingerprint density at radius 3 is 2.12 bits per heavy atom. The SMILES string of the molecule is Fc1cc(Cl)c(NCCCC(F)(F)F)c(Cl)c1. The predicted molar refractivity (Wildman–Crippen MR) is 60.2 cm³/mol. The molecule has 1 nitrogen and oxygen atoms in total. The second-order valence-electron chi connectivity index (χ2n) is 3.39. The number of benzene rings is 1. The molecule has 0 unspecified atom stereocenters. The van der Waals surface area contributed by atoms with Gasteiger partial charge in [-0.15, -0.1) is 0 Å². The van der Waals surface area contributed by atoms with Crippen molar-refractivity contribution in [3.8, 4) is 0 Å². The first-order valence-electron chi connectivity index (χ1n) is 4.75. The first-order chi connectivity index (χ1) is 7.79. The van der Waals surface area contributed by atoms with Gasteiger partial charge in [0, 0.05) is 13.0 Å². The van der Waals surface area contributed by atoms with Gasteiger partial charge in [-0.1, -0.05) is 23.2 Å². The minimum absolute atomic E-state index is 0.0435. The lowest BCUT2D eigenvalue weighted by Crippen LogP contribution is -2.11. The fraction of sp³-hybridized carbons (Fsp3) is 0.400. The van der Waals surface area contributed by atoms with Crippen LogP contribution in [0.4, 0.5) is 23.2 Å². The molecule has 7 heteroatoms. The standard InChI is InChI=1S/C10H9Cl2F4N/c11-7-4-6(13)5-8(12)9(7)17-3-1-2-10(14,15)16/h4-5,17H,1-3H2. The Labute approximate surface area is 106 Å². The molecule has 0 bridgehead atoms. The van der Waals surface area contributed by atoms with Crippen LogP contribution in [-0.2, 0) is 0 Å². The lowest BCUT2D eigenvalue weighted by Gasteiger charge is -2.11. The van der Waals surface area contributed by atoms with Crippen LogP contribution in [0.15, 0.2) is 12.1 Å². The number of halogens is 6. The lowest BCUT2D eigenvalue weighted by atomic mass is 10.2. The molecule has 1 aromatic carbocycles. The third-order valence-corrected chi connectivity index (χ3v) is 2.54. The van der Waals surface area contributed by atoms with Crippen LogP contribution in [-0.4, -0.2) is 12.7 Å². The van der Waals surface area contributed by atoms with Crippen LogP contribution in [0.3, 0.4) is 0 Å². The molecular formula is C10H9Cl2F4N. The molecule has 17 heavy (non-hydrogen) atoms. The Morgan fingerprint density at radius 1 is 1.12 bits per heavy atom. The van der Waals surface area contributed by atoms with Gasteiger partial charge in [0.2, 0.25) is 0 Å². The molecule has 1 rings (SSSR count). The van der Waals surface area contributed by atoms with E-state index in [1.165, 1.54) is 0 Å². The molecule has 0 aliphatic rings. The van der Waals surface area contributed by atoms with E-state index < -0.39 is 18.4 Å². The number of alkyl halides is 3. The van der Waals surface area contributed by atoms with E-state index in [9.17, 15) is 17.6 Å². The summed E-state index contributed by atoms with van der Waals surface area (Å²) >= 11 is 11.4. The van der Waals surface area contributed by atoms with Crippen molar-refractivity contribution < 1.29 is 17.6 Å². The average Bonchev–Trinajstić information content (AvgIpc) is 2.13. The molecule has 0 aliphatic heterocycles. The Morgan fingerprint density at radius 2 is 1.65 bits per heavy atom. The number of anilines is 1. The van der Waals surface area contributed by atoms with Crippen molar-refractivity contribution in [2.45, 2.75) is 19.0 Å². The maximum Gasteiger partial charge on any atom is 0.389 e. The summed E-state index contributed by atoms with van der Waals surface area (Å²) in [7, 11) is 0. The van der Waals surface area contributed by atoms with Crippen LogP contribution < -0.4 is 5.32 Å². The van der Waals surface area contributed by atoms with E-state index in [0.717, 1.165) is 12.1 Å². The summed E-state index contributed by atoms with van der Waals surface area (Å²) in [5, 5.41) is 2.74. The number of nitrogens with one attached hydrogen (secondary N) is 1. The maximum absolute atomic E-state index is 12.8. The number of rotatable bonds is 4.